The Morgan fingerprint density at radius 2 is 1.73 bits per heavy atom. The van der Waals surface area contributed by atoms with E-state index in [0.29, 0.717) is 10.5 Å². The van der Waals surface area contributed by atoms with Crippen LogP contribution in [0.4, 0.5) is 14.4 Å². The second-order valence-corrected chi connectivity index (χ2v) is 4.56. The van der Waals surface area contributed by atoms with Crippen molar-refractivity contribution in [3.63, 3.8) is 0 Å². The van der Waals surface area contributed by atoms with Gasteiger partial charge in [-0.1, -0.05) is 30.3 Å². The van der Waals surface area contributed by atoms with Crippen LogP contribution in [0.5, 0.6) is 0 Å². The van der Waals surface area contributed by atoms with Gasteiger partial charge in [-0.25, -0.2) is 29.0 Å². The van der Waals surface area contributed by atoms with Gasteiger partial charge >= 0.3 is 24.1 Å². The fourth-order valence-corrected chi connectivity index (χ4v) is 2.06. The predicted molar refractivity (Wildman–Crippen MR) is 73.7 cm³/mol. The summed E-state index contributed by atoms with van der Waals surface area (Å²) in [6, 6.07) is 4.02. The van der Waals surface area contributed by atoms with Crippen LogP contribution in [0.25, 0.3) is 0 Å². The van der Waals surface area contributed by atoms with Gasteiger partial charge in [-0.15, -0.1) is 0 Å². The number of nitrogens with zero attached hydrogens (tertiary/aromatic N) is 2. The van der Waals surface area contributed by atoms with Gasteiger partial charge in [0.05, 0.1) is 13.1 Å². The summed E-state index contributed by atoms with van der Waals surface area (Å²) in [6.45, 7) is -0.0700. The Morgan fingerprint density at radius 3 is 2.23 bits per heavy atom. The molecule has 1 atom stereocenters. The first-order valence-electron chi connectivity index (χ1n) is 6.38. The number of carbonyl (C=O) groups excluding carboxylic acids is 3. The summed E-state index contributed by atoms with van der Waals surface area (Å²) in [4.78, 5) is 47.6. The number of carboxylic acid groups (broad SMARTS) is 1. The minimum absolute atomic E-state index is 0.0232. The summed E-state index contributed by atoms with van der Waals surface area (Å²) in [6.07, 6.45) is 0. The van der Waals surface area contributed by atoms with E-state index in [9.17, 15) is 24.3 Å². The van der Waals surface area contributed by atoms with Crippen molar-refractivity contribution < 1.29 is 24.3 Å². The number of hydrogen-bond donors (Lipinski definition) is 3. The number of imide groups is 2. The van der Waals surface area contributed by atoms with Crippen molar-refractivity contribution in [1.82, 2.24) is 15.1 Å². The molecule has 116 valence electrons. The zero-order valence-electron chi connectivity index (χ0n) is 11.4. The lowest BCUT2D eigenvalue weighted by molar-refractivity contribution is -0.139. The molecule has 9 nitrogen and oxygen atoms in total. The van der Waals surface area contributed by atoms with Gasteiger partial charge in [-0.2, -0.15) is 0 Å². The molecule has 1 aromatic carbocycles. The van der Waals surface area contributed by atoms with Crippen LogP contribution in [0, 0.1) is 0 Å². The zero-order chi connectivity index (χ0) is 16.3. The molecule has 1 aliphatic rings. The number of hydrogen-bond acceptors (Lipinski definition) is 4. The number of carboxylic acids is 1. The highest BCUT2D eigenvalue weighted by molar-refractivity contribution is 6.03. The number of amides is 6. The number of carbonyl (C=O) groups is 4. The van der Waals surface area contributed by atoms with E-state index in [4.69, 9.17) is 5.73 Å². The van der Waals surface area contributed by atoms with E-state index in [-0.39, 0.29) is 13.1 Å². The fourth-order valence-electron chi connectivity index (χ4n) is 2.06. The molecule has 0 spiro atoms. The molecule has 0 aromatic heterocycles. The molecule has 1 saturated heterocycles. The molecule has 22 heavy (non-hydrogen) atoms. The van der Waals surface area contributed by atoms with Gasteiger partial charge in [0.15, 0.2) is 6.04 Å². The highest BCUT2D eigenvalue weighted by Crippen LogP contribution is 2.15. The van der Waals surface area contributed by atoms with Crippen molar-refractivity contribution in [3.8, 4) is 0 Å². The molecule has 1 unspecified atom stereocenters. The Kier molecular flexibility index (Phi) is 4.25. The third-order valence-electron chi connectivity index (χ3n) is 3.17. The van der Waals surface area contributed by atoms with Crippen LogP contribution in [0.2, 0.25) is 0 Å². The van der Waals surface area contributed by atoms with Gasteiger partial charge in [0.2, 0.25) is 0 Å². The maximum absolute atomic E-state index is 12.1. The molecule has 1 fully saturated rings. The number of urea groups is 3. The monoisotopic (exact) mass is 306 g/mol. The van der Waals surface area contributed by atoms with E-state index in [0.717, 1.165) is 4.90 Å². The lowest BCUT2D eigenvalue weighted by atomic mass is 10.1. The average Bonchev–Trinajstić information content (AvgIpc) is 2.87. The van der Waals surface area contributed by atoms with E-state index in [1.165, 1.54) is 0 Å². The predicted octanol–water partition coefficient (Wildman–Crippen LogP) is 0.338. The fraction of sp³-hybridized carbons (Fsp3) is 0.231. The van der Waals surface area contributed by atoms with Gasteiger partial charge in [-0.05, 0) is 5.56 Å². The van der Waals surface area contributed by atoms with E-state index in [1.54, 1.807) is 30.3 Å². The third kappa shape index (κ3) is 2.97. The molecule has 1 heterocycles. The number of primary amides is 1. The van der Waals surface area contributed by atoms with Crippen LogP contribution in [-0.4, -0.2) is 52.1 Å². The molecule has 0 aliphatic carbocycles. The van der Waals surface area contributed by atoms with Crippen molar-refractivity contribution in [2.45, 2.75) is 6.04 Å². The van der Waals surface area contributed by atoms with Crippen LogP contribution in [0.1, 0.15) is 11.6 Å². The number of benzene rings is 1. The molecule has 0 saturated carbocycles. The Balaban J connectivity index is 2.12. The molecule has 0 bridgehead atoms. The second-order valence-electron chi connectivity index (χ2n) is 4.56. The van der Waals surface area contributed by atoms with Gasteiger partial charge in [0.1, 0.15) is 0 Å². The summed E-state index contributed by atoms with van der Waals surface area (Å²) in [5.41, 5.74) is 5.37. The van der Waals surface area contributed by atoms with Crippen LogP contribution in [0.15, 0.2) is 30.3 Å². The molecular weight excluding hydrogens is 292 g/mol. The number of aliphatic carboxylic acids is 1. The van der Waals surface area contributed by atoms with Crippen molar-refractivity contribution in [2.24, 2.45) is 5.73 Å². The van der Waals surface area contributed by atoms with Gasteiger partial charge in [0, 0.05) is 0 Å². The third-order valence-corrected chi connectivity index (χ3v) is 3.17. The summed E-state index contributed by atoms with van der Waals surface area (Å²) in [5.74, 6) is -1.27. The topological polar surface area (TPSA) is 133 Å². The molecule has 1 aliphatic heterocycles. The molecule has 9 heteroatoms. The van der Waals surface area contributed by atoms with Gasteiger partial charge in [0.25, 0.3) is 0 Å². The lowest BCUT2D eigenvalue weighted by Gasteiger charge is -2.19. The summed E-state index contributed by atoms with van der Waals surface area (Å²) in [7, 11) is 0. The molecule has 1 aromatic rings. The van der Waals surface area contributed by atoms with Gasteiger partial charge in [-0.3, -0.25) is 0 Å². The lowest BCUT2D eigenvalue weighted by Crippen LogP contribution is -2.47. The second kappa shape index (κ2) is 6.12. The summed E-state index contributed by atoms with van der Waals surface area (Å²) in [5, 5.41) is 11.5. The normalized spacial score (nSPS) is 15.5. The summed E-state index contributed by atoms with van der Waals surface area (Å²) >= 11 is 0. The highest BCUT2D eigenvalue weighted by atomic mass is 16.4. The van der Waals surface area contributed by atoms with E-state index in [2.05, 4.69) is 5.32 Å². The maximum atomic E-state index is 12.1. The van der Waals surface area contributed by atoms with E-state index in [1.807, 2.05) is 0 Å². The minimum Gasteiger partial charge on any atom is -0.479 e. The first-order valence-corrected chi connectivity index (χ1v) is 6.38. The number of rotatable bonds is 3. The van der Waals surface area contributed by atoms with Crippen LogP contribution in [-0.2, 0) is 4.79 Å². The van der Waals surface area contributed by atoms with E-state index < -0.39 is 30.1 Å². The minimum atomic E-state index is -1.30. The van der Waals surface area contributed by atoms with Crippen LogP contribution < -0.4 is 11.1 Å². The SMILES string of the molecule is NC(=O)N1CCN(C(=O)NC(C(=O)O)c2ccccc2)C1=O. The van der Waals surface area contributed by atoms with Crippen LogP contribution in [0.3, 0.4) is 0 Å². The largest absolute Gasteiger partial charge is 0.479 e. The number of nitrogens with one attached hydrogen (secondary N) is 1. The standard InChI is InChI=1S/C13H14N4O5/c14-11(20)16-6-7-17(13(16)22)12(21)15-9(10(18)19)8-4-2-1-3-5-8/h1-5,9H,6-7H2,(H2,14,20)(H,15,21)(H,18,19). The quantitative estimate of drug-likeness (QED) is 0.740. The molecule has 2 rings (SSSR count). The maximum Gasteiger partial charge on any atom is 0.336 e. The van der Waals surface area contributed by atoms with Crippen molar-refractivity contribution >= 4 is 24.1 Å². The Labute approximate surface area is 125 Å². The molecule has 0 radical (unpaired) electrons. The molecule has 4 N–H and O–H groups in total. The summed E-state index contributed by atoms with van der Waals surface area (Å²) < 4.78 is 0. The first kappa shape index (κ1) is 15.3. The van der Waals surface area contributed by atoms with Crippen LogP contribution >= 0.6 is 0 Å². The van der Waals surface area contributed by atoms with Crippen molar-refractivity contribution in [2.75, 3.05) is 13.1 Å². The van der Waals surface area contributed by atoms with Crippen molar-refractivity contribution in [3.05, 3.63) is 35.9 Å². The Bertz CT molecular complexity index is 618. The van der Waals surface area contributed by atoms with E-state index >= 15 is 0 Å². The first-order chi connectivity index (χ1) is 10.4. The molecule has 6 amide bonds. The zero-order valence-corrected chi connectivity index (χ0v) is 11.4. The Morgan fingerprint density at radius 1 is 1.14 bits per heavy atom. The van der Waals surface area contributed by atoms with Crippen molar-refractivity contribution in [1.29, 1.82) is 0 Å². The number of nitrogens with two attached hydrogens (primary N) is 1. The molecular formula is C13H14N4O5. The average molecular weight is 306 g/mol. The van der Waals surface area contributed by atoms with Gasteiger partial charge < -0.3 is 16.2 Å². The highest BCUT2D eigenvalue weighted by Gasteiger charge is 2.37. The Hall–Kier alpha value is -3.10. The smallest absolute Gasteiger partial charge is 0.336 e.